The first-order chi connectivity index (χ1) is 11.3. The van der Waals surface area contributed by atoms with Crippen molar-refractivity contribution in [2.45, 2.75) is 57.7 Å². The lowest BCUT2D eigenvalue weighted by atomic mass is 9.95. The summed E-state index contributed by atoms with van der Waals surface area (Å²) in [6, 6.07) is 8.93. The Kier molecular flexibility index (Phi) is 6.21. The molecule has 128 valence electrons. The van der Waals surface area contributed by atoms with Gasteiger partial charge in [0, 0.05) is 32.2 Å². The summed E-state index contributed by atoms with van der Waals surface area (Å²) in [5, 5.41) is 4.79. The van der Waals surface area contributed by atoms with Gasteiger partial charge in [0.2, 0.25) is 0 Å². The minimum atomic E-state index is 0.534. The van der Waals surface area contributed by atoms with Crippen LogP contribution in [0.5, 0.6) is 0 Å². The van der Waals surface area contributed by atoms with Gasteiger partial charge in [-0.3, -0.25) is 10.2 Å². The molecule has 1 aromatic rings. The van der Waals surface area contributed by atoms with Gasteiger partial charge in [0.15, 0.2) is 0 Å². The highest BCUT2D eigenvalue weighted by Crippen LogP contribution is 2.26. The molecule has 1 aliphatic carbocycles. The summed E-state index contributed by atoms with van der Waals surface area (Å²) >= 11 is 6.34. The first-order valence-electron chi connectivity index (χ1n) is 9.27. The van der Waals surface area contributed by atoms with Crippen molar-refractivity contribution in [3.05, 3.63) is 29.3 Å². The Morgan fingerprint density at radius 2 is 1.78 bits per heavy atom. The Morgan fingerprint density at radius 1 is 1.09 bits per heavy atom. The number of para-hydroxylation sites is 1. The maximum Gasteiger partial charge on any atom is 0.0639 e. The molecule has 4 heteroatoms. The number of piperazine rings is 1. The summed E-state index contributed by atoms with van der Waals surface area (Å²) in [7, 11) is 0. The minimum Gasteiger partial charge on any atom is -0.368 e. The lowest BCUT2D eigenvalue weighted by molar-refractivity contribution is 0.130. The van der Waals surface area contributed by atoms with Crippen molar-refractivity contribution in [3.63, 3.8) is 0 Å². The second-order valence-corrected chi connectivity index (χ2v) is 7.31. The van der Waals surface area contributed by atoms with Crippen molar-refractivity contribution in [2.75, 3.05) is 31.1 Å². The van der Waals surface area contributed by atoms with Crippen molar-refractivity contribution in [1.82, 2.24) is 10.2 Å². The highest BCUT2D eigenvalue weighted by Gasteiger charge is 2.25. The summed E-state index contributed by atoms with van der Waals surface area (Å²) in [5.74, 6) is 0. The zero-order valence-corrected chi connectivity index (χ0v) is 15.1. The first kappa shape index (κ1) is 17.1. The molecule has 1 N–H and O–H groups in total. The molecule has 2 aliphatic rings. The van der Waals surface area contributed by atoms with Gasteiger partial charge in [0.25, 0.3) is 0 Å². The number of anilines is 1. The van der Waals surface area contributed by atoms with Crippen molar-refractivity contribution in [1.29, 1.82) is 0 Å². The second kappa shape index (κ2) is 8.36. The fraction of sp³-hybridized carbons (Fsp3) is 0.684. The number of rotatable bonds is 5. The van der Waals surface area contributed by atoms with Gasteiger partial charge in [0.1, 0.15) is 0 Å². The SMILES string of the molecule is CCC(NC1CCCCC1)N1CCN(c2ccccc2Cl)CC1. The predicted octanol–water partition coefficient (Wildman–Crippen LogP) is 4.12. The molecule has 0 spiro atoms. The highest BCUT2D eigenvalue weighted by molar-refractivity contribution is 6.33. The van der Waals surface area contributed by atoms with Crippen LogP contribution in [0.2, 0.25) is 5.02 Å². The second-order valence-electron chi connectivity index (χ2n) is 6.90. The minimum absolute atomic E-state index is 0.534. The Balaban J connectivity index is 1.53. The number of nitrogens with zero attached hydrogens (tertiary/aromatic N) is 2. The Hall–Kier alpha value is -0.770. The van der Waals surface area contributed by atoms with Crippen LogP contribution < -0.4 is 10.2 Å². The maximum atomic E-state index is 6.34. The van der Waals surface area contributed by atoms with Gasteiger partial charge in [-0.2, -0.15) is 0 Å². The van der Waals surface area contributed by atoms with Gasteiger partial charge in [-0.15, -0.1) is 0 Å². The van der Waals surface area contributed by atoms with Gasteiger partial charge < -0.3 is 4.90 Å². The van der Waals surface area contributed by atoms with Crippen molar-refractivity contribution >= 4 is 17.3 Å². The van der Waals surface area contributed by atoms with Crippen LogP contribution in [0, 0.1) is 0 Å². The summed E-state index contributed by atoms with van der Waals surface area (Å²) in [6.45, 7) is 6.66. The molecule has 1 heterocycles. The first-order valence-corrected chi connectivity index (χ1v) is 9.65. The van der Waals surface area contributed by atoms with Crippen molar-refractivity contribution < 1.29 is 0 Å². The molecule has 3 nitrogen and oxygen atoms in total. The van der Waals surface area contributed by atoms with E-state index >= 15 is 0 Å². The summed E-state index contributed by atoms with van der Waals surface area (Å²) in [6.07, 6.45) is 8.65. The molecule has 1 saturated carbocycles. The fourth-order valence-corrected chi connectivity index (χ4v) is 4.26. The molecule has 1 aliphatic heterocycles. The van der Waals surface area contributed by atoms with E-state index in [1.54, 1.807) is 0 Å². The molecule has 1 atom stereocenters. The Labute approximate surface area is 146 Å². The molecule has 1 saturated heterocycles. The topological polar surface area (TPSA) is 18.5 Å². The van der Waals surface area contributed by atoms with Gasteiger partial charge in [0.05, 0.1) is 16.9 Å². The molecule has 1 aromatic carbocycles. The van der Waals surface area contributed by atoms with E-state index in [0.29, 0.717) is 6.17 Å². The molecule has 0 radical (unpaired) electrons. The number of hydrogen-bond donors (Lipinski definition) is 1. The van der Waals surface area contributed by atoms with E-state index in [1.165, 1.54) is 44.2 Å². The predicted molar refractivity (Wildman–Crippen MR) is 99.3 cm³/mol. The molecule has 2 fully saturated rings. The van der Waals surface area contributed by atoms with E-state index in [9.17, 15) is 0 Å². The van der Waals surface area contributed by atoms with Gasteiger partial charge >= 0.3 is 0 Å². The van der Waals surface area contributed by atoms with Gasteiger partial charge in [-0.05, 0) is 31.4 Å². The van der Waals surface area contributed by atoms with Gasteiger partial charge in [-0.25, -0.2) is 0 Å². The third kappa shape index (κ3) is 4.40. The van der Waals surface area contributed by atoms with E-state index < -0.39 is 0 Å². The van der Waals surface area contributed by atoms with Crippen LogP contribution in [0.1, 0.15) is 45.4 Å². The lowest BCUT2D eigenvalue weighted by Gasteiger charge is -2.42. The van der Waals surface area contributed by atoms with Crippen LogP contribution in [0.3, 0.4) is 0 Å². The molecule has 1 unspecified atom stereocenters. The summed E-state index contributed by atoms with van der Waals surface area (Å²) in [5.41, 5.74) is 1.18. The van der Waals surface area contributed by atoms with Crippen molar-refractivity contribution in [2.24, 2.45) is 0 Å². The molecule has 0 amide bonds. The number of halogens is 1. The standard InChI is InChI=1S/C19H30ClN3/c1-2-19(21-16-8-4-3-5-9-16)23-14-12-22(13-15-23)18-11-7-6-10-17(18)20/h6-7,10-11,16,19,21H,2-5,8-9,12-15H2,1H3. The van der Waals surface area contributed by atoms with Crippen LogP contribution in [0.4, 0.5) is 5.69 Å². The Morgan fingerprint density at radius 3 is 2.43 bits per heavy atom. The van der Waals surface area contributed by atoms with Crippen LogP contribution >= 0.6 is 11.6 Å². The molecular weight excluding hydrogens is 306 g/mol. The monoisotopic (exact) mass is 335 g/mol. The Bertz CT molecular complexity index is 479. The largest absolute Gasteiger partial charge is 0.368 e. The molecule has 3 rings (SSSR count). The normalized spacial score (nSPS) is 22.3. The summed E-state index contributed by atoms with van der Waals surface area (Å²) in [4.78, 5) is 5.05. The third-order valence-electron chi connectivity index (χ3n) is 5.37. The highest BCUT2D eigenvalue weighted by atomic mass is 35.5. The number of benzene rings is 1. The smallest absolute Gasteiger partial charge is 0.0639 e. The summed E-state index contributed by atoms with van der Waals surface area (Å²) < 4.78 is 0. The molecule has 23 heavy (non-hydrogen) atoms. The molecule has 0 aromatic heterocycles. The molecule has 0 bridgehead atoms. The van der Waals surface area contributed by atoms with E-state index in [1.807, 2.05) is 12.1 Å². The quantitative estimate of drug-likeness (QED) is 0.873. The average Bonchev–Trinajstić information content (AvgIpc) is 2.61. The van der Waals surface area contributed by atoms with Crippen LogP contribution in [-0.2, 0) is 0 Å². The third-order valence-corrected chi connectivity index (χ3v) is 5.69. The van der Waals surface area contributed by atoms with Crippen LogP contribution in [-0.4, -0.2) is 43.3 Å². The van der Waals surface area contributed by atoms with Crippen LogP contribution in [0.25, 0.3) is 0 Å². The van der Waals surface area contributed by atoms with Gasteiger partial charge in [-0.1, -0.05) is 49.9 Å². The lowest BCUT2D eigenvalue weighted by Crippen LogP contribution is -2.56. The molecular formula is C19H30ClN3. The zero-order chi connectivity index (χ0) is 16.1. The zero-order valence-electron chi connectivity index (χ0n) is 14.3. The number of hydrogen-bond acceptors (Lipinski definition) is 3. The van der Waals surface area contributed by atoms with E-state index in [4.69, 9.17) is 11.6 Å². The van der Waals surface area contributed by atoms with E-state index in [2.05, 4.69) is 34.2 Å². The van der Waals surface area contributed by atoms with Crippen LogP contribution in [0.15, 0.2) is 24.3 Å². The maximum absolute atomic E-state index is 6.34. The fourth-order valence-electron chi connectivity index (χ4n) is 4.01. The van der Waals surface area contributed by atoms with E-state index in [0.717, 1.165) is 37.2 Å². The number of nitrogens with one attached hydrogen (secondary N) is 1. The van der Waals surface area contributed by atoms with Crippen molar-refractivity contribution in [3.8, 4) is 0 Å². The van der Waals surface area contributed by atoms with E-state index in [-0.39, 0.29) is 0 Å². The average molecular weight is 336 g/mol.